The van der Waals surface area contributed by atoms with Crippen molar-refractivity contribution in [1.82, 2.24) is 15.0 Å². The topological polar surface area (TPSA) is 74.2 Å². The highest BCUT2D eigenvalue weighted by Crippen LogP contribution is 2.22. The van der Waals surface area contributed by atoms with Gasteiger partial charge in [-0.15, -0.1) is 0 Å². The molecule has 7 heteroatoms. The van der Waals surface area contributed by atoms with E-state index in [0.29, 0.717) is 6.54 Å². The molecule has 1 saturated heterocycles. The van der Waals surface area contributed by atoms with E-state index in [-0.39, 0.29) is 11.8 Å². The standard InChI is InChI=1S/C17H22N6O/c1-22(2)15-6-5-14(10-20-15)21-17(24)13-4-3-9-23(12-13)16-11-18-7-8-19-16/h5-8,10-11,13H,3-4,9,12H2,1-2H3,(H,21,24)/t13-/m0/s1. The van der Waals surface area contributed by atoms with Gasteiger partial charge in [0.1, 0.15) is 11.6 Å². The lowest BCUT2D eigenvalue weighted by molar-refractivity contribution is -0.120. The molecular weight excluding hydrogens is 304 g/mol. The Hall–Kier alpha value is -2.70. The molecule has 1 atom stereocenters. The van der Waals surface area contributed by atoms with Gasteiger partial charge in [-0.2, -0.15) is 0 Å². The zero-order valence-electron chi connectivity index (χ0n) is 14.0. The number of hydrogen-bond donors (Lipinski definition) is 1. The fourth-order valence-electron chi connectivity index (χ4n) is 2.82. The molecule has 0 unspecified atom stereocenters. The maximum Gasteiger partial charge on any atom is 0.229 e. The molecule has 3 rings (SSSR count). The second kappa shape index (κ2) is 7.25. The van der Waals surface area contributed by atoms with Gasteiger partial charge in [-0.05, 0) is 25.0 Å². The van der Waals surface area contributed by atoms with Crippen LogP contribution in [0.1, 0.15) is 12.8 Å². The number of nitrogens with zero attached hydrogens (tertiary/aromatic N) is 5. The SMILES string of the molecule is CN(C)c1ccc(NC(=O)[C@H]2CCCN(c3cnccn3)C2)cn1. The van der Waals surface area contributed by atoms with Crippen molar-refractivity contribution in [2.45, 2.75) is 12.8 Å². The normalized spacial score (nSPS) is 17.4. The molecule has 0 aromatic carbocycles. The molecule has 7 nitrogen and oxygen atoms in total. The van der Waals surface area contributed by atoms with Crippen molar-refractivity contribution in [3.63, 3.8) is 0 Å². The third-order valence-electron chi connectivity index (χ3n) is 4.14. The molecule has 1 amide bonds. The Labute approximate surface area is 141 Å². The quantitative estimate of drug-likeness (QED) is 0.923. The van der Waals surface area contributed by atoms with Gasteiger partial charge in [-0.1, -0.05) is 0 Å². The highest BCUT2D eigenvalue weighted by atomic mass is 16.1. The van der Waals surface area contributed by atoms with Crippen LogP contribution in [0.2, 0.25) is 0 Å². The van der Waals surface area contributed by atoms with Crippen molar-refractivity contribution in [2.24, 2.45) is 5.92 Å². The molecule has 0 saturated carbocycles. The van der Waals surface area contributed by atoms with E-state index in [1.54, 1.807) is 24.8 Å². The largest absolute Gasteiger partial charge is 0.363 e. The van der Waals surface area contributed by atoms with Crippen molar-refractivity contribution in [3.8, 4) is 0 Å². The number of rotatable bonds is 4. The van der Waals surface area contributed by atoms with Crippen LogP contribution in [0.15, 0.2) is 36.9 Å². The molecule has 2 aromatic heterocycles. The average Bonchev–Trinajstić information content (AvgIpc) is 2.63. The van der Waals surface area contributed by atoms with Gasteiger partial charge in [0.2, 0.25) is 5.91 Å². The lowest BCUT2D eigenvalue weighted by Crippen LogP contribution is -2.41. The number of anilines is 3. The first-order valence-electron chi connectivity index (χ1n) is 8.08. The Morgan fingerprint density at radius 2 is 2.12 bits per heavy atom. The maximum absolute atomic E-state index is 12.6. The van der Waals surface area contributed by atoms with E-state index in [2.05, 4.69) is 25.2 Å². The van der Waals surface area contributed by atoms with E-state index < -0.39 is 0 Å². The molecule has 1 aliphatic heterocycles. The van der Waals surface area contributed by atoms with E-state index in [4.69, 9.17) is 0 Å². The van der Waals surface area contributed by atoms with Crippen LogP contribution in [0, 0.1) is 5.92 Å². The summed E-state index contributed by atoms with van der Waals surface area (Å²) in [5.41, 5.74) is 0.724. The van der Waals surface area contributed by atoms with E-state index in [0.717, 1.165) is 36.7 Å². The zero-order valence-corrected chi connectivity index (χ0v) is 14.0. The number of carbonyl (C=O) groups is 1. The summed E-state index contributed by atoms with van der Waals surface area (Å²) in [6.45, 7) is 1.56. The molecule has 1 N–H and O–H groups in total. The second-order valence-corrected chi connectivity index (χ2v) is 6.14. The van der Waals surface area contributed by atoms with Crippen LogP contribution in [0.3, 0.4) is 0 Å². The highest BCUT2D eigenvalue weighted by molar-refractivity contribution is 5.93. The van der Waals surface area contributed by atoms with Crippen molar-refractivity contribution in [3.05, 3.63) is 36.9 Å². The minimum Gasteiger partial charge on any atom is -0.363 e. The summed E-state index contributed by atoms with van der Waals surface area (Å²) >= 11 is 0. The van der Waals surface area contributed by atoms with Crippen molar-refractivity contribution in [1.29, 1.82) is 0 Å². The van der Waals surface area contributed by atoms with Gasteiger partial charge in [0, 0.05) is 39.6 Å². The van der Waals surface area contributed by atoms with Crippen LogP contribution >= 0.6 is 0 Å². The van der Waals surface area contributed by atoms with Crippen LogP contribution in [-0.4, -0.2) is 48.0 Å². The predicted molar refractivity (Wildman–Crippen MR) is 94.2 cm³/mol. The molecule has 0 radical (unpaired) electrons. The van der Waals surface area contributed by atoms with Gasteiger partial charge < -0.3 is 15.1 Å². The predicted octanol–water partition coefficient (Wildman–Crippen LogP) is 1.79. The summed E-state index contributed by atoms with van der Waals surface area (Å²) in [5, 5.41) is 2.97. The Morgan fingerprint density at radius 3 is 2.79 bits per heavy atom. The zero-order chi connectivity index (χ0) is 16.9. The molecule has 2 aromatic rings. The number of pyridine rings is 1. The Kier molecular flexibility index (Phi) is 4.88. The van der Waals surface area contributed by atoms with Gasteiger partial charge >= 0.3 is 0 Å². The fraction of sp³-hybridized carbons (Fsp3) is 0.412. The number of aromatic nitrogens is 3. The monoisotopic (exact) mass is 326 g/mol. The molecule has 1 aliphatic rings. The smallest absolute Gasteiger partial charge is 0.229 e. The third-order valence-corrected chi connectivity index (χ3v) is 4.14. The number of nitrogens with one attached hydrogen (secondary N) is 1. The summed E-state index contributed by atoms with van der Waals surface area (Å²) in [7, 11) is 3.87. The Bertz CT molecular complexity index is 673. The van der Waals surface area contributed by atoms with Crippen molar-refractivity contribution >= 4 is 23.2 Å². The summed E-state index contributed by atoms with van der Waals surface area (Å²) in [5.74, 6) is 1.66. The highest BCUT2D eigenvalue weighted by Gasteiger charge is 2.26. The number of hydrogen-bond acceptors (Lipinski definition) is 6. The molecular formula is C17H22N6O. The minimum absolute atomic E-state index is 0.0305. The van der Waals surface area contributed by atoms with Crippen LogP contribution in [-0.2, 0) is 4.79 Å². The summed E-state index contributed by atoms with van der Waals surface area (Å²) < 4.78 is 0. The van der Waals surface area contributed by atoms with Gasteiger partial charge in [-0.3, -0.25) is 9.78 Å². The third kappa shape index (κ3) is 3.79. The van der Waals surface area contributed by atoms with Gasteiger partial charge in [0.05, 0.1) is 24.0 Å². The Balaban J connectivity index is 1.62. The lowest BCUT2D eigenvalue weighted by Gasteiger charge is -2.32. The van der Waals surface area contributed by atoms with Crippen molar-refractivity contribution < 1.29 is 4.79 Å². The first-order chi connectivity index (χ1) is 11.6. The number of carbonyl (C=O) groups excluding carboxylic acids is 1. The average molecular weight is 326 g/mol. The van der Waals surface area contributed by atoms with E-state index in [9.17, 15) is 4.79 Å². The minimum atomic E-state index is -0.0609. The molecule has 0 aliphatic carbocycles. The van der Waals surface area contributed by atoms with E-state index >= 15 is 0 Å². The number of amides is 1. The van der Waals surface area contributed by atoms with Crippen molar-refractivity contribution in [2.75, 3.05) is 42.3 Å². The van der Waals surface area contributed by atoms with Crippen LogP contribution in [0.25, 0.3) is 0 Å². The molecule has 0 bridgehead atoms. The molecule has 24 heavy (non-hydrogen) atoms. The molecule has 3 heterocycles. The van der Waals surface area contributed by atoms with E-state index in [1.165, 1.54) is 0 Å². The van der Waals surface area contributed by atoms with Gasteiger partial charge in [0.15, 0.2) is 0 Å². The fourth-order valence-corrected chi connectivity index (χ4v) is 2.82. The second-order valence-electron chi connectivity index (χ2n) is 6.14. The lowest BCUT2D eigenvalue weighted by atomic mass is 9.97. The molecule has 0 spiro atoms. The molecule has 126 valence electrons. The van der Waals surface area contributed by atoms with Gasteiger partial charge in [0.25, 0.3) is 0 Å². The summed E-state index contributed by atoms with van der Waals surface area (Å²) in [6, 6.07) is 3.77. The first-order valence-corrected chi connectivity index (χ1v) is 8.08. The maximum atomic E-state index is 12.6. The van der Waals surface area contributed by atoms with Crippen LogP contribution in [0.4, 0.5) is 17.3 Å². The van der Waals surface area contributed by atoms with Crippen LogP contribution in [0.5, 0.6) is 0 Å². The van der Waals surface area contributed by atoms with Gasteiger partial charge in [-0.25, -0.2) is 9.97 Å². The number of piperidine rings is 1. The van der Waals surface area contributed by atoms with E-state index in [1.807, 2.05) is 31.1 Å². The summed E-state index contributed by atoms with van der Waals surface area (Å²) in [4.78, 5) is 29.3. The molecule has 1 fully saturated rings. The van der Waals surface area contributed by atoms with Crippen LogP contribution < -0.4 is 15.1 Å². The Morgan fingerprint density at radius 1 is 1.25 bits per heavy atom. The summed E-state index contributed by atoms with van der Waals surface area (Å²) in [6.07, 6.45) is 8.61. The first kappa shape index (κ1) is 16.2.